The molecule has 0 aliphatic rings. The van der Waals surface area contributed by atoms with Gasteiger partial charge in [-0.1, -0.05) is 242 Å². The highest BCUT2D eigenvalue weighted by molar-refractivity contribution is 7.20. The van der Waals surface area contributed by atoms with Crippen molar-refractivity contribution in [1.82, 2.24) is 19.5 Å². The molecule has 0 amide bonds. The summed E-state index contributed by atoms with van der Waals surface area (Å²) >= 11 is 0. The van der Waals surface area contributed by atoms with Gasteiger partial charge in [-0.25, -0.2) is 9.83 Å². The van der Waals surface area contributed by atoms with Crippen LogP contribution in [0.1, 0.15) is 5.56 Å². The summed E-state index contributed by atoms with van der Waals surface area (Å²) in [6.45, 7) is 8.63. The number of hydrogen-bond acceptors (Lipinski definition) is 4. The monoisotopic (exact) mass is 964 g/mol. The highest BCUT2D eigenvalue weighted by Gasteiger charge is 2.43. The smallest absolute Gasteiger partial charge is 0.238 e. The number of aromatic nitrogens is 4. The number of benzene rings is 10. The fraction of sp³-hybridized carbons (Fsp3) is 0. The van der Waals surface area contributed by atoms with Gasteiger partial charge in [-0.2, -0.15) is 15.2 Å². The van der Waals surface area contributed by atoms with Crippen molar-refractivity contribution in [3.63, 3.8) is 0 Å². The van der Waals surface area contributed by atoms with Crippen LogP contribution in [0.5, 0.6) is 0 Å². The van der Waals surface area contributed by atoms with Crippen LogP contribution in [-0.2, 0) is 0 Å². The summed E-state index contributed by atoms with van der Waals surface area (Å²) in [5.74, 6) is 1.24. The first-order valence-corrected chi connectivity index (χ1v) is 28.3. The van der Waals surface area contributed by atoms with Crippen LogP contribution in [-0.4, -0.2) is 35.7 Å². The average molecular weight is 965 g/mol. The van der Waals surface area contributed by atoms with E-state index in [1.165, 1.54) is 31.1 Å². The first-order chi connectivity index (χ1) is 36.1. The zero-order valence-electron chi connectivity index (χ0n) is 39.6. The lowest BCUT2D eigenvalue weighted by Crippen LogP contribution is -2.74. The summed E-state index contributed by atoms with van der Waals surface area (Å²) < 4.78 is 2.11. The molecule has 0 radical (unpaired) electrons. The fourth-order valence-corrected chi connectivity index (χ4v) is 20.7. The molecule has 12 rings (SSSR count). The number of nitriles is 1. The second-order valence-electron chi connectivity index (χ2n) is 18.1. The molecule has 12 aromatic rings. The van der Waals surface area contributed by atoms with E-state index in [0.29, 0.717) is 40.0 Å². The van der Waals surface area contributed by atoms with E-state index in [1.54, 1.807) is 0 Å². The molecular formula is C65H44N6Si2. The maximum atomic E-state index is 11.0. The molecule has 0 fully saturated rings. The van der Waals surface area contributed by atoms with Crippen molar-refractivity contribution < 1.29 is 0 Å². The highest BCUT2D eigenvalue weighted by atomic mass is 28.3. The van der Waals surface area contributed by atoms with E-state index < -0.39 is 16.1 Å². The summed E-state index contributed by atoms with van der Waals surface area (Å²) in [6, 6.07) is 95.8. The predicted octanol–water partition coefficient (Wildman–Crippen LogP) is 9.48. The van der Waals surface area contributed by atoms with Crippen molar-refractivity contribution in [2.75, 3.05) is 0 Å². The second-order valence-corrected chi connectivity index (χ2v) is 25.8. The van der Waals surface area contributed by atoms with Crippen molar-refractivity contribution in [3.05, 3.63) is 284 Å². The summed E-state index contributed by atoms with van der Waals surface area (Å²) in [6.07, 6.45) is 0. The topological polar surface area (TPSA) is 71.8 Å². The summed E-state index contributed by atoms with van der Waals surface area (Å²) in [5, 5.41) is 22.3. The van der Waals surface area contributed by atoms with E-state index in [9.17, 15) is 5.26 Å². The van der Waals surface area contributed by atoms with Gasteiger partial charge in [0, 0.05) is 21.9 Å². The van der Waals surface area contributed by atoms with E-state index in [0.717, 1.165) is 32.2 Å². The van der Waals surface area contributed by atoms with Crippen LogP contribution in [0.4, 0.5) is 5.69 Å². The SMILES string of the molecule is [C-]#[N+]c1cc(-c2nc(-c3cc(C#N)cc([Si](c4ccccc4)(c4ccccc4)c4ccccc4)c3)nc(-n3c4ccccc4c4ccccc43)n2)cc([Si](c2ccccc2)(c2ccccc2)c2ccccc2)c1. The minimum atomic E-state index is -3.12. The second kappa shape index (κ2) is 19.0. The Hall–Kier alpha value is -9.58. The molecule has 10 aromatic carbocycles. The Morgan fingerprint density at radius 1 is 0.370 bits per heavy atom. The third-order valence-electron chi connectivity index (χ3n) is 14.1. The first-order valence-electron chi connectivity index (χ1n) is 24.3. The minimum Gasteiger partial charge on any atom is -0.278 e. The van der Waals surface area contributed by atoms with E-state index in [1.807, 2.05) is 24.3 Å². The zero-order chi connectivity index (χ0) is 49.2. The van der Waals surface area contributed by atoms with Gasteiger partial charge in [0.15, 0.2) is 33.5 Å². The van der Waals surface area contributed by atoms with E-state index >= 15 is 0 Å². The number of rotatable bonds is 11. The van der Waals surface area contributed by atoms with Gasteiger partial charge < -0.3 is 0 Å². The van der Waals surface area contributed by atoms with E-state index in [-0.39, 0.29) is 0 Å². The lowest BCUT2D eigenvalue weighted by atomic mass is 10.1. The quantitative estimate of drug-likeness (QED) is 0.0737. The molecule has 0 saturated carbocycles. The summed E-state index contributed by atoms with van der Waals surface area (Å²) in [5.41, 5.74) is 4.23. The molecule has 342 valence electrons. The molecule has 0 bridgehead atoms. The molecule has 0 aliphatic carbocycles. The Bertz CT molecular complexity index is 3590. The van der Waals surface area contributed by atoms with Crippen LogP contribution in [0.3, 0.4) is 0 Å². The Balaban J connectivity index is 1.17. The Labute approximate surface area is 426 Å². The fourth-order valence-electron chi connectivity index (χ4n) is 11.0. The van der Waals surface area contributed by atoms with Gasteiger partial charge in [0.1, 0.15) is 0 Å². The minimum absolute atomic E-state index is 0.407. The largest absolute Gasteiger partial charge is 0.278 e. The van der Waals surface area contributed by atoms with Gasteiger partial charge in [0.2, 0.25) is 5.95 Å². The Morgan fingerprint density at radius 2 is 0.712 bits per heavy atom. The van der Waals surface area contributed by atoms with Crippen LogP contribution in [0, 0.1) is 17.9 Å². The van der Waals surface area contributed by atoms with Crippen molar-refractivity contribution in [2.24, 2.45) is 0 Å². The number of fused-ring (bicyclic) bond motifs is 3. The maximum absolute atomic E-state index is 11.0. The highest BCUT2D eigenvalue weighted by Crippen LogP contribution is 2.33. The summed E-state index contributed by atoms with van der Waals surface area (Å²) in [7, 11) is -6.24. The maximum Gasteiger partial charge on any atom is 0.238 e. The molecule has 0 spiro atoms. The number of para-hydroxylation sites is 2. The summed E-state index contributed by atoms with van der Waals surface area (Å²) in [4.78, 5) is 20.5. The standard InChI is InChI=1S/C65H44N6Si2/c1-67-50-42-49(44-58(45-50)73(54-30-14-5-15-31-54,55-32-16-6-17-33-55)56-34-18-7-19-35-56)64-68-63(69-65(70-64)71-61-38-22-20-36-59(61)60-37-21-23-39-62(60)71)48-40-47(46-66)41-57(43-48)72(51-24-8-2-9-25-51,52-26-10-3-11-27-52)53-28-12-4-13-29-53/h2-45H. The van der Waals surface area contributed by atoms with Crippen LogP contribution >= 0.6 is 0 Å². The molecule has 6 nitrogen and oxygen atoms in total. The van der Waals surface area contributed by atoms with Gasteiger partial charge in [-0.15, -0.1) is 0 Å². The van der Waals surface area contributed by atoms with Crippen LogP contribution in [0.2, 0.25) is 0 Å². The lowest BCUT2D eigenvalue weighted by Gasteiger charge is -2.35. The van der Waals surface area contributed by atoms with E-state index in [2.05, 4.69) is 258 Å². The molecule has 2 heterocycles. The number of hydrogen-bond donors (Lipinski definition) is 0. The van der Waals surface area contributed by atoms with Crippen molar-refractivity contribution in [2.45, 2.75) is 0 Å². The third-order valence-corrected chi connectivity index (χ3v) is 23.6. The normalized spacial score (nSPS) is 11.5. The average Bonchev–Trinajstić information content (AvgIpc) is 3.81. The van der Waals surface area contributed by atoms with Crippen LogP contribution in [0.25, 0.3) is 55.4 Å². The van der Waals surface area contributed by atoms with Crippen LogP contribution in [0.15, 0.2) is 267 Å². The van der Waals surface area contributed by atoms with Gasteiger partial charge in [-0.3, -0.25) is 4.57 Å². The lowest BCUT2D eigenvalue weighted by molar-refractivity contribution is 0.953. The molecule has 0 aliphatic heterocycles. The van der Waals surface area contributed by atoms with Crippen LogP contribution < -0.4 is 41.5 Å². The molecular weight excluding hydrogens is 921 g/mol. The van der Waals surface area contributed by atoms with Gasteiger partial charge in [0.05, 0.1) is 29.2 Å². The molecule has 0 unspecified atom stereocenters. The van der Waals surface area contributed by atoms with Crippen molar-refractivity contribution in [3.8, 4) is 34.8 Å². The molecule has 73 heavy (non-hydrogen) atoms. The Morgan fingerprint density at radius 3 is 1.08 bits per heavy atom. The van der Waals surface area contributed by atoms with Gasteiger partial charge >= 0.3 is 0 Å². The molecule has 2 aromatic heterocycles. The first kappa shape index (κ1) is 44.6. The zero-order valence-corrected chi connectivity index (χ0v) is 41.6. The van der Waals surface area contributed by atoms with Crippen molar-refractivity contribution in [1.29, 1.82) is 5.26 Å². The van der Waals surface area contributed by atoms with E-state index in [4.69, 9.17) is 21.5 Å². The molecule has 8 heteroatoms. The van der Waals surface area contributed by atoms with Gasteiger partial charge in [-0.05, 0) is 66.6 Å². The number of nitrogens with zero attached hydrogens (tertiary/aromatic N) is 6. The molecule has 0 N–H and O–H groups in total. The predicted molar refractivity (Wildman–Crippen MR) is 303 cm³/mol. The molecule has 0 atom stereocenters. The van der Waals surface area contributed by atoms with Crippen molar-refractivity contribution >= 4 is 85.1 Å². The Kier molecular flexibility index (Phi) is 11.6. The van der Waals surface area contributed by atoms with Gasteiger partial charge in [0.25, 0.3) is 0 Å². The third kappa shape index (κ3) is 7.67. The molecule has 0 saturated heterocycles.